The Bertz CT molecular complexity index is 1320. The molecule has 5 atom stereocenters. The van der Waals surface area contributed by atoms with E-state index in [0.29, 0.717) is 56.7 Å². The number of hydrogen-bond acceptors (Lipinski definition) is 6. The van der Waals surface area contributed by atoms with Crippen molar-refractivity contribution < 1.29 is 24.6 Å². The van der Waals surface area contributed by atoms with Crippen molar-refractivity contribution in [3.8, 4) is 5.75 Å². The number of dihydropyridines is 1. The molecule has 2 saturated carbocycles. The Morgan fingerprint density at radius 2 is 2.00 bits per heavy atom. The number of rotatable bonds is 4. The number of allylic oxidation sites excluding steroid dienone is 1. The van der Waals surface area contributed by atoms with Crippen LogP contribution in [-0.4, -0.2) is 80.8 Å². The van der Waals surface area contributed by atoms with E-state index in [-0.39, 0.29) is 23.3 Å². The summed E-state index contributed by atoms with van der Waals surface area (Å²) in [7, 11) is 0. The molecule has 3 heterocycles. The lowest BCUT2D eigenvalue weighted by molar-refractivity contribution is -0.158. The number of nitrogens with two attached hydrogens (primary N) is 1. The number of likely N-dealkylation sites (tertiary alicyclic amines) is 2. The zero-order valence-corrected chi connectivity index (χ0v) is 21.4. The molecule has 3 aliphatic carbocycles. The monoisotopic (exact) mass is 518 g/mol. The Kier molecular flexibility index (Phi) is 5.20. The summed E-state index contributed by atoms with van der Waals surface area (Å²) < 4.78 is 0. The Morgan fingerprint density at radius 3 is 2.76 bits per heavy atom. The first-order valence-electron chi connectivity index (χ1n) is 13.9. The van der Waals surface area contributed by atoms with E-state index < -0.39 is 34.8 Å². The zero-order chi connectivity index (χ0) is 26.4. The summed E-state index contributed by atoms with van der Waals surface area (Å²) in [5, 5.41) is 23.1. The van der Waals surface area contributed by atoms with Crippen molar-refractivity contribution in [1.29, 1.82) is 0 Å². The molecule has 3 amide bonds. The molecule has 4 fully saturated rings. The molecule has 7 rings (SSSR count). The van der Waals surface area contributed by atoms with Crippen LogP contribution < -0.4 is 5.73 Å². The molecular formula is C29H34N4O5. The number of nitrogens with zero attached hydrogens (tertiary/aromatic N) is 3. The highest BCUT2D eigenvalue weighted by molar-refractivity contribution is 6.24. The second kappa shape index (κ2) is 8.23. The van der Waals surface area contributed by atoms with Gasteiger partial charge in [-0.1, -0.05) is 12.1 Å². The predicted molar refractivity (Wildman–Crippen MR) is 138 cm³/mol. The molecule has 9 heteroatoms. The van der Waals surface area contributed by atoms with Crippen molar-refractivity contribution in [3.05, 3.63) is 41.0 Å². The highest BCUT2D eigenvalue weighted by Gasteiger charge is 2.66. The summed E-state index contributed by atoms with van der Waals surface area (Å²) >= 11 is 0. The first-order valence-corrected chi connectivity index (χ1v) is 13.9. The lowest BCUT2D eigenvalue weighted by Crippen LogP contribution is -2.74. The molecule has 200 valence electrons. The lowest BCUT2D eigenvalue weighted by atomic mass is 9.47. The van der Waals surface area contributed by atoms with Gasteiger partial charge in [0, 0.05) is 36.2 Å². The van der Waals surface area contributed by atoms with Gasteiger partial charge in [0.05, 0.1) is 5.60 Å². The maximum Gasteiger partial charge on any atom is 0.282 e. The van der Waals surface area contributed by atoms with Gasteiger partial charge in [0.25, 0.3) is 11.8 Å². The molecule has 1 unspecified atom stereocenters. The average Bonchev–Trinajstić information content (AvgIpc) is 3.55. The number of phenols is 1. The number of fused-ring (bicyclic) bond motifs is 2. The lowest BCUT2D eigenvalue weighted by Gasteiger charge is -2.65. The Morgan fingerprint density at radius 1 is 1.18 bits per heavy atom. The Balaban J connectivity index is 1.27. The van der Waals surface area contributed by atoms with Crippen molar-refractivity contribution >= 4 is 23.4 Å². The number of amides is 3. The van der Waals surface area contributed by atoms with Crippen LogP contribution in [0.5, 0.6) is 5.75 Å². The van der Waals surface area contributed by atoms with Crippen LogP contribution >= 0.6 is 0 Å². The van der Waals surface area contributed by atoms with Crippen LogP contribution in [0.3, 0.4) is 0 Å². The highest BCUT2D eigenvalue weighted by Crippen LogP contribution is 2.60. The van der Waals surface area contributed by atoms with Crippen molar-refractivity contribution in [2.45, 2.75) is 74.5 Å². The van der Waals surface area contributed by atoms with Gasteiger partial charge in [0.2, 0.25) is 5.91 Å². The number of primary amides is 1. The minimum atomic E-state index is -1.10. The van der Waals surface area contributed by atoms with Crippen LogP contribution in [0, 0.1) is 11.8 Å². The minimum Gasteiger partial charge on any atom is -0.508 e. The van der Waals surface area contributed by atoms with Gasteiger partial charge < -0.3 is 20.8 Å². The largest absolute Gasteiger partial charge is 0.508 e. The number of piperidine rings is 1. The fourth-order valence-electron chi connectivity index (χ4n) is 8.17. The van der Waals surface area contributed by atoms with Gasteiger partial charge in [-0.15, -0.1) is 0 Å². The van der Waals surface area contributed by atoms with E-state index in [0.717, 1.165) is 24.2 Å². The van der Waals surface area contributed by atoms with Crippen molar-refractivity contribution in [3.63, 3.8) is 0 Å². The topological polar surface area (TPSA) is 137 Å². The van der Waals surface area contributed by atoms with Gasteiger partial charge >= 0.3 is 0 Å². The van der Waals surface area contributed by atoms with Crippen LogP contribution in [0.25, 0.3) is 0 Å². The smallest absolute Gasteiger partial charge is 0.282 e. The van der Waals surface area contributed by atoms with Crippen molar-refractivity contribution in [1.82, 2.24) is 9.80 Å². The van der Waals surface area contributed by atoms with Gasteiger partial charge in [-0.05, 0) is 87.1 Å². The molecule has 2 saturated heterocycles. The van der Waals surface area contributed by atoms with Gasteiger partial charge in [-0.25, -0.2) is 4.99 Å². The molecule has 0 spiro atoms. The zero-order valence-electron chi connectivity index (χ0n) is 21.4. The predicted octanol–water partition coefficient (Wildman–Crippen LogP) is 1.20. The van der Waals surface area contributed by atoms with Gasteiger partial charge in [0.15, 0.2) is 0 Å². The molecule has 9 nitrogen and oxygen atoms in total. The summed E-state index contributed by atoms with van der Waals surface area (Å²) in [5.41, 5.74) is 6.53. The summed E-state index contributed by atoms with van der Waals surface area (Å²) in [6.45, 7) is 2.21. The number of benzene rings is 1. The van der Waals surface area contributed by atoms with E-state index >= 15 is 0 Å². The molecular weight excluding hydrogens is 484 g/mol. The normalized spacial score (nSPS) is 36.1. The van der Waals surface area contributed by atoms with E-state index in [1.165, 1.54) is 17.7 Å². The van der Waals surface area contributed by atoms with E-state index in [2.05, 4.69) is 9.89 Å². The molecule has 6 aliphatic rings. The maximum atomic E-state index is 13.4. The Hall–Kier alpha value is -3.04. The van der Waals surface area contributed by atoms with Gasteiger partial charge in [-0.2, -0.15) is 0 Å². The van der Waals surface area contributed by atoms with E-state index in [1.807, 2.05) is 6.07 Å². The quantitative estimate of drug-likeness (QED) is 0.513. The first-order chi connectivity index (χ1) is 18.2. The van der Waals surface area contributed by atoms with Crippen molar-refractivity contribution in [2.24, 2.45) is 22.6 Å². The molecule has 38 heavy (non-hydrogen) atoms. The number of phenolic OH excluding ortho intramolecular Hbond substituents is 1. The Labute approximate surface area is 221 Å². The van der Waals surface area contributed by atoms with E-state index in [1.54, 1.807) is 18.2 Å². The maximum absolute atomic E-state index is 13.4. The summed E-state index contributed by atoms with van der Waals surface area (Å²) in [6, 6.07) is 4.69. The minimum absolute atomic E-state index is 0.0275. The fourth-order valence-corrected chi connectivity index (χ4v) is 8.17. The number of carbonyl (C=O) groups excluding carboxylic acids is 3. The summed E-state index contributed by atoms with van der Waals surface area (Å²) in [5.74, 6) is -1.14. The summed E-state index contributed by atoms with van der Waals surface area (Å²) in [4.78, 5) is 46.8. The third-order valence-electron chi connectivity index (χ3n) is 10.2. The van der Waals surface area contributed by atoms with Crippen molar-refractivity contribution in [2.75, 3.05) is 19.6 Å². The average molecular weight is 519 g/mol. The summed E-state index contributed by atoms with van der Waals surface area (Å²) in [6.07, 6.45) is 7.48. The van der Waals surface area contributed by atoms with Gasteiger partial charge in [0.1, 0.15) is 17.4 Å². The van der Waals surface area contributed by atoms with E-state index in [9.17, 15) is 24.6 Å². The fraction of sp³-hybridized carbons (Fsp3) is 0.586. The molecule has 1 aromatic carbocycles. The number of aliphatic hydroxyl groups is 1. The number of aromatic hydroxyl groups is 1. The van der Waals surface area contributed by atoms with Crippen LogP contribution in [0.2, 0.25) is 0 Å². The second-order valence-corrected chi connectivity index (χ2v) is 12.3. The molecule has 1 aromatic rings. The molecule has 0 radical (unpaired) electrons. The number of aliphatic imine (C=N–C) groups is 1. The van der Waals surface area contributed by atoms with Crippen LogP contribution in [0.4, 0.5) is 0 Å². The molecule has 0 aromatic heterocycles. The van der Waals surface area contributed by atoms with Gasteiger partial charge in [-0.3, -0.25) is 19.3 Å². The highest BCUT2D eigenvalue weighted by atomic mass is 16.3. The third kappa shape index (κ3) is 3.37. The molecule has 3 aliphatic heterocycles. The SMILES string of the molecule is NC(=O)[C@@H]1CCCN1C(=O)C1=CC2C[C@@]3(O)[C@H]4Cc5ccc(O)cc5[C@@]3(CCN4CC3CC3)CC2=NC1=O. The molecule has 2 bridgehead atoms. The third-order valence-corrected chi connectivity index (χ3v) is 10.2. The van der Waals surface area contributed by atoms with Crippen LogP contribution in [0.15, 0.2) is 34.8 Å². The van der Waals surface area contributed by atoms with Crippen LogP contribution in [0.1, 0.15) is 56.1 Å². The number of carbonyl (C=O) groups is 3. The number of hydrogen-bond donors (Lipinski definition) is 3. The molecule has 4 N–H and O–H groups in total. The van der Waals surface area contributed by atoms with Crippen LogP contribution in [-0.2, 0) is 26.2 Å². The first kappa shape index (κ1) is 24.0. The standard InChI is InChI=1S/C29H34N4O5/c30-25(35)23-2-1-8-33(23)27(37)20-10-18-13-29(38)24-11-17-5-6-19(34)12-21(17)28(29,14-22(18)31-26(20)36)7-9-32(24)15-16-3-4-16/h5-6,10,12,16,18,23-24,34,38H,1-4,7-9,11,13-15H2,(H2,30,35)/t18?,23-,24+,28+,29+/m0/s1. The second-order valence-electron chi connectivity index (χ2n) is 12.3. The van der Waals surface area contributed by atoms with E-state index in [4.69, 9.17) is 5.73 Å².